The maximum absolute atomic E-state index is 14.5. The molecule has 0 bridgehead atoms. The largest absolute Gasteiger partial charge is 0.354 e. The molecule has 0 aliphatic heterocycles. The fourth-order valence-corrected chi connectivity index (χ4v) is 6.80. The Balaban J connectivity index is 1.81. The molecule has 242 valence electrons. The van der Waals surface area contributed by atoms with E-state index >= 15 is 0 Å². The van der Waals surface area contributed by atoms with Gasteiger partial charge in [0.2, 0.25) is 11.8 Å². The van der Waals surface area contributed by atoms with Crippen LogP contribution in [0.3, 0.4) is 0 Å². The Kier molecular flexibility index (Phi) is 12.0. The van der Waals surface area contributed by atoms with Gasteiger partial charge in [0, 0.05) is 24.5 Å². The van der Waals surface area contributed by atoms with Crippen LogP contribution in [0, 0.1) is 19.7 Å². The number of nitrogens with zero attached hydrogens (tertiary/aromatic N) is 2. The number of amides is 2. The summed E-state index contributed by atoms with van der Waals surface area (Å²) >= 11 is 6.22. The predicted octanol–water partition coefficient (Wildman–Crippen LogP) is 6.85. The molecule has 0 fully saturated rings. The maximum atomic E-state index is 14.5. The Morgan fingerprint density at radius 2 is 1.57 bits per heavy atom. The molecule has 1 atom stereocenters. The maximum Gasteiger partial charge on any atom is 0.264 e. The Morgan fingerprint density at radius 1 is 0.891 bits per heavy atom. The van der Waals surface area contributed by atoms with Gasteiger partial charge in [-0.1, -0.05) is 85.1 Å². The normalized spacial score (nSPS) is 11.9. The van der Waals surface area contributed by atoms with Gasteiger partial charge in [0.15, 0.2) is 0 Å². The molecule has 0 saturated heterocycles. The van der Waals surface area contributed by atoms with Gasteiger partial charge in [-0.25, -0.2) is 12.8 Å². The number of hydrogen-bond donors (Lipinski definition) is 1. The topological polar surface area (TPSA) is 86.8 Å². The van der Waals surface area contributed by atoms with Gasteiger partial charge in [0.1, 0.15) is 18.4 Å². The van der Waals surface area contributed by atoms with Crippen LogP contribution in [0.1, 0.15) is 42.0 Å². The Morgan fingerprint density at radius 3 is 2.20 bits per heavy atom. The molecule has 0 aliphatic rings. The van der Waals surface area contributed by atoms with E-state index in [1.807, 2.05) is 44.2 Å². The summed E-state index contributed by atoms with van der Waals surface area (Å²) < 4.78 is 43.3. The van der Waals surface area contributed by atoms with Crippen molar-refractivity contribution >= 4 is 39.1 Å². The molecule has 0 heterocycles. The first-order valence-electron chi connectivity index (χ1n) is 15.2. The minimum absolute atomic E-state index is 0.0171. The summed E-state index contributed by atoms with van der Waals surface area (Å²) in [7, 11) is -4.24. The van der Waals surface area contributed by atoms with Gasteiger partial charge in [-0.05, 0) is 79.4 Å². The summed E-state index contributed by atoms with van der Waals surface area (Å²) in [6.07, 6.45) is 1.82. The zero-order chi connectivity index (χ0) is 33.3. The van der Waals surface area contributed by atoms with Gasteiger partial charge in [-0.3, -0.25) is 13.9 Å². The second kappa shape index (κ2) is 15.9. The lowest BCUT2D eigenvalue weighted by molar-refractivity contribution is -0.140. The lowest BCUT2D eigenvalue weighted by Gasteiger charge is -2.34. The minimum Gasteiger partial charge on any atom is -0.354 e. The third-order valence-electron chi connectivity index (χ3n) is 7.68. The smallest absolute Gasteiger partial charge is 0.264 e. The van der Waals surface area contributed by atoms with E-state index in [0.29, 0.717) is 22.7 Å². The van der Waals surface area contributed by atoms with E-state index in [2.05, 4.69) is 5.32 Å². The Hall–Kier alpha value is -4.21. The zero-order valence-electron chi connectivity index (χ0n) is 26.2. The van der Waals surface area contributed by atoms with Crippen molar-refractivity contribution in [3.8, 4) is 0 Å². The van der Waals surface area contributed by atoms with Crippen molar-refractivity contribution in [1.29, 1.82) is 0 Å². The molecule has 0 spiro atoms. The molecule has 4 aromatic carbocycles. The fraction of sp³-hybridized carbons (Fsp3) is 0.278. The number of halogens is 2. The van der Waals surface area contributed by atoms with Gasteiger partial charge in [-0.15, -0.1) is 0 Å². The van der Waals surface area contributed by atoms with E-state index in [9.17, 15) is 22.4 Å². The fourth-order valence-electron chi connectivity index (χ4n) is 5.10. The molecule has 0 radical (unpaired) electrons. The van der Waals surface area contributed by atoms with Crippen molar-refractivity contribution in [2.75, 3.05) is 17.4 Å². The number of unbranched alkanes of at least 4 members (excludes halogenated alkanes) is 1. The molecule has 7 nitrogen and oxygen atoms in total. The van der Waals surface area contributed by atoms with Crippen LogP contribution in [-0.4, -0.2) is 44.3 Å². The van der Waals surface area contributed by atoms with Gasteiger partial charge in [0.25, 0.3) is 10.0 Å². The number of sulfonamides is 1. The van der Waals surface area contributed by atoms with Crippen LogP contribution >= 0.6 is 11.6 Å². The summed E-state index contributed by atoms with van der Waals surface area (Å²) in [6.45, 7) is 5.38. The van der Waals surface area contributed by atoms with Crippen LogP contribution in [0.5, 0.6) is 0 Å². The van der Waals surface area contributed by atoms with Crippen molar-refractivity contribution < 1.29 is 22.4 Å². The molecule has 2 amide bonds. The number of aryl methyl sites for hydroxylation is 2. The molecule has 10 heteroatoms. The first kappa shape index (κ1) is 34.7. The average molecular weight is 664 g/mol. The van der Waals surface area contributed by atoms with Gasteiger partial charge < -0.3 is 10.2 Å². The van der Waals surface area contributed by atoms with Crippen LogP contribution in [-0.2, 0) is 32.6 Å². The molecule has 46 heavy (non-hydrogen) atoms. The molecule has 0 aromatic heterocycles. The van der Waals surface area contributed by atoms with Crippen molar-refractivity contribution in [2.24, 2.45) is 0 Å². The van der Waals surface area contributed by atoms with Crippen LogP contribution in [0.4, 0.5) is 10.1 Å². The van der Waals surface area contributed by atoms with E-state index in [4.69, 9.17) is 11.6 Å². The highest BCUT2D eigenvalue weighted by Gasteiger charge is 2.35. The molecule has 1 N–H and O–H groups in total. The summed E-state index contributed by atoms with van der Waals surface area (Å²) in [5, 5.41) is 3.38. The quantitative estimate of drug-likeness (QED) is 0.150. The van der Waals surface area contributed by atoms with Crippen LogP contribution in [0.2, 0.25) is 5.02 Å². The summed E-state index contributed by atoms with van der Waals surface area (Å²) in [5.74, 6) is -1.39. The number of rotatable bonds is 14. The van der Waals surface area contributed by atoms with Crippen molar-refractivity contribution in [3.63, 3.8) is 0 Å². The minimum atomic E-state index is -4.24. The third-order valence-corrected chi connectivity index (χ3v) is 9.69. The number of hydrogen-bond acceptors (Lipinski definition) is 4. The SMILES string of the molecule is CCCCNC(=O)[C@@H](Cc1ccccc1)N(Cc1ccc(F)cc1)C(=O)CN(c1ccc(Cl)cc1C)S(=O)(=O)c1ccc(C)cc1. The average Bonchev–Trinajstić information content (AvgIpc) is 3.03. The van der Waals surface area contributed by atoms with Crippen molar-refractivity contribution in [3.05, 3.63) is 130 Å². The van der Waals surface area contributed by atoms with E-state index in [0.717, 1.165) is 28.3 Å². The standard InChI is InChI=1S/C36H39ClFN3O4S/c1-4-5-21-39-36(43)34(23-28-9-7-6-8-10-28)40(24-29-13-16-31(38)17-14-29)35(42)25-41(33-20-15-30(37)22-27(33)3)46(44,45)32-18-11-26(2)12-19-32/h6-20,22,34H,4-5,21,23-25H2,1-3H3,(H,39,43)/t34-/m1/s1. The van der Waals surface area contributed by atoms with Crippen molar-refractivity contribution in [1.82, 2.24) is 10.2 Å². The highest BCUT2D eigenvalue weighted by molar-refractivity contribution is 7.92. The Labute approximate surface area is 276 Å². The summed E-state index contributed by atoms with van der Waals surface area (Å²) in [6, 6.07) is 25.2. The van der Waals surface area contributed by atoms with E-state index < -0.39 is 34.3 Å². The van der Waals surface area contributed by atoms with Crippen LogP contribution < -0.4 is 9.62 Å². The monoisotopic (exact) mass is 663 g/mol. The van der Waals surface area contributed by atoms with Gasteiger partial charge in [0.05, 0.1) is 10.6 Å². The second-order valence-corrected chi connectivity index (χ2v) is 13.6. The van der Waals surface area contributed by atoms with Crippen LogP contribution in [0.15, 0.2) is 102 Å². The first-order chi connectivity index (χ1) is 22.0. The zero-order valence-corrected chi connectivity index (χ0v) is 27.8. The lowest BCUT2D eigenvalue weighted by Crippen LogP contribution is -2.53. The first-order valence-corrected chi connectivity index (χ1v) is 17.0. The highest BCUT2D eigenvalue weighted by atomic mass is 35.5. The number of carbonyl (C=O) groups excluding carboxylic acids is 2. The predicted molar refractivity (Wildman–Crippen MR) is 181 cm³/mol. The number of benzene rings is 4. The van der Waals surface area contributed by atoms with Crippen LogP contribution in [0.25, 0.3) is 0 Å². The van der Waals surface area contributed by atoms with E-state index in [1.54, 1.807) is 49.4 Å². The molecule has 0 saturated carbocycles. The number of anilines is 1. The van der Waals surface area contributed by atoms with E-state index in [1.165, 1.54) is 29.2 Å². The number of carbonyl (C=O) groups is 2. The third kappa shape index (κ3) is 8.95. The molecule has 0 aliphatic carbocycles. The number of nitrogens with one attached hydrogen (secondary N) is 1. The molecular weight excluding hydrogens is 625 g/mol. The Bertz CT molecular complexity index is 1730. The molecular formula is C36H39ClFN3O4S. The molecule has 0 unspecified atom stereocenters. The second-order valence-electron chi connectivity index (χ2n) is 11.3. The summed E-state index contributed by atoms with van der Waals surface area (Å²) in [4.78, 5) is 29.7. The molecule has 4 rings (SSSR count). The summed E-state index contributed by atoms with van der Waals surface area (Å²) in [5.41, 5.74) is 3.14. The highest BCUT2D eigenvalue weighted by Crippen LogP contribution is 2.30. The molecule has 4 aromatic rings. The van der Waals surface area contributed by atoms with Crippen molar-refractivity contribution in [2.45, 2.75) is 57.5 Å². The van der Waals surface area contributed by atoms with Gasteiger partial charge >= 0.3 is 0 Å². The van der Waals surface area contributed by atoms with Gasteiger partial charge in [-0.2, -0.15) is 0 Å². The lowest BCUT2D eigenvalue weighted by atomic mass is 10.0. The van der Waals surface area contributed by atoms with E-state index in [-0.39, 0.29) is 29.5 Å².